The molecular formula is C13H14N2. The van der Waals surface area contributed by atoms with Crippen LogP contribution in [0, 0.1) is 6.92 Å². The Morgan fingerprint density at radius 3 is 2.73 bits per heavy atom. The predicted octanol–water partition coefficient (Wildman–Crippen LogP) is 2.97. The summed E-state index contributed by atoms with van der Waals surface area (Å²) in [6.07, 6.45) is 8.64. The number of H-pyrrole nitrogens is 1. The SMILES string of the molecule is Cc1ccc(CC=Cc2cnc[nH]2)cc1. The van der Waals surface area contributed by atoms with Crippen LogP contribution >= 0.6 is 0 Å². The maximum absolute atomic E-state index is 3.95. The highest BCUT2D eigenvalue weighted by molar-refractivity contribution is 5.43. The summed E-state index contributed by atoms with van der Waals surface area (Å²) in [6, 6.07) is 8.60. The number of aromatic nitrogens is 2. The third-order valence-electron chi connectivity index (χ3n) is 2.29. The van der Waals surface area contributed by atoms with Crippen molar-refractivity contribution in [3.63, 3.8) is 0 Å². The standard InChI is InChI=1S/C13H14N2/c1-11-5-7-12(8-6-11)3-2-4-13-9-14-10-15-13/h2,4-10H,3H2,1H3,(H,14,15). The molecule has 2 heteroatoms. The maximum Gasteiger partial charge on any atom is 0.0924 e. The minimum Gasteiger partial charge on any atom is -0.345 e. The molecule has 0 spiro atoms. The van der Waals surface area contributed by atoms with Crippen molar-refractivity contribution in [1.29, 1.82) is 0 Å². The molecule has 0 aliphatic carbocycles. The third kappa shape index (κ3) is 2.81. The third-order valence-corrected chi connectivity index (χ3v) is 2.29. The van der Waals surface area contributed by atoms with Gasteiger partial charge in [-0.2, -0.15) is 0 Å². The minimum absolute atomic E-state index is 0.958. The molecule has 2 aromatic rings. The highest BCUT2D eigenvalue weighted by Gasteiger charge is 1.89. The van der Waals surface area contributed by atoms with E-state index >= 15 is 0 Å². The zero-order chi connectivity index (χ0) is 10.5. The molecule has 0 aliphatic rings. The normalized spacial score (nSPS) is 11.0. The molecule has 0 saturated heterocycles. The second kappa shape index (κ2) is 4.60. The van der Waals surface area contributed by atoms with Gasteiger partial charge in [-0.1, -0.05) is 35.9 Å². The first-order valence-electron chi connectivity index (χ1n) is 5.05. The van der Waals surface area contributed by atoms with Gasteiger partial charge in [-0.3, -0.25) is 0 Å². The largest absolute Gasteiger partial charge is 0.345 e. The predicted molar refractivity (Wildman–Crippen MR) is 62.5 cm³/mol. The van der Waals surface area contributed by atoms with Crippen molar-refractivity contribution in [2.75, 3.05) is 0 Å². The van der Waals surface area contributed by atoms with Gasteiger partial charge < -0.3 is 4.98 Å². The van der Waals surface area contributed by atoms with E-state index in [1.807, 2.05) is 12.3 Å². The Morgan fingerprint density at radius 2 is 2.07 bits per heavy atom. The first-order valence-corrected chi connectivity index (χ1v) is 5.05. The zero-order valence-electron chi connectivity index (χ0n) is 8.77. The fourth-order valence-corrected chi connectivity index (χ4v) is 1.40. The number of benzene rings is 1. The Kier molecular flexibility index (Phi) is 2.98. The van der Waals surface area contributed by atoms with Gasteiger partial charge in [0.2, 0.25) is 0 Å². The van der Waals surface area contributed by atoms with Crippen molar-refractivity contribution in [2.24, 2.45) is 0 Å². The summed E-state index contributed by atoms with van der Waals surface area (Å²) >= 11 is 0. The number of aryl methyl sites for hydroxylation is 1. The van der Waals surface area contributed by atoms with Crippen molar-refractivity contribution in [3.05, 3.63) is 59.7 Å². The van der Waals surface area contributed by atoms with E-state index < -0.39 is 0 Å². The van der Waals surface area contributed by atoms with Crippen molar-refractivity contribution in [2.45, 2.75) is 13.3 Å². The molecule has 1 heterocycles. The van der Waals surface area contributed by atoms with Gasteiger partial charge >= 0.3 is 0 Å². The summed E-state index contributed by atoms with van der Waals surface area (Å²) in [6.45, 7) is 2.10. The molecule has 1 aromatic heterocycles. The number of nitrogens with one attached hydrogen (secondary N) is 1. The van der Waals surface area contributed by atoms with Gasteiger partial charge in [-0.15, -0.1) is 0 Å². The van der Waals surface area contributed by atoms with Crippen LogP contribution in [0.1, 0.15) is 16.8 Å². The summed E-state index contributed by atoms with van der Waals surface area (Å²) in [4.78, 5) is 6.99. The quantitative estimate of drug-likeness (QED) is 0.807. The van der Waals surface area contributed by atoms with E-state index in [2.05, 4.69) is 47.2 Å². The van der Waals surface area contributed by atoms with E-state index in [4.69, 9.17) is 0 Å². The number of imidazole rings is 1. The maximum atomic E-state index is 3.95. The number of rotatable bonds is 3. The highest BCUT2D eigenvalue weighted by atomic mass is 14.8. The molecule has 2 rings (SSSR count). The summed E-state index contributed by atoms with van der Waals surface area (Å²) in [7, 11) is 0. The van der Waals surface area contributed by atoms with E-state index in [0.717, 1.165) is 12.1 Å². The van der Waals surface area contributed by atoms with Gasteiger partial charge in [-0.25, -0.2) is 4.98 Å². The summed E-state index contributed by atoms with van der Waals surface area (Å²) < 4.78 is 0. The van der Waals surface area contributed by atoms with Crippen LogP contribution in [0.25, 0.3) is 6.08 Å². The minimum atomic E-state index is 0.958. The number of allylic oxidation sites excluding steroid dienone is 1. The van der Waals surface area contributed by atoms with E-state index in [0.29, 0.717) is 0 Å². The first-order chi connectivity index (χ1) is 7.34. The van der Waals surface area contributed by atoms with Crippen molar-refractivity contribution in [3.8, 4) is 0 Å². The monoisotopic (exact) mass is 198 g/mol. The highest BCUT2D eigenvalue weighted by Crippen LogP contribution is 2.05. The molecule has 76 valence electrons. The smallest absolute Gasteiger partial charge is 0.0924 e. The Labute approximate surface area is 89.7 Å². The summed E-state index contributed by atoms with van der Waals surface area (Å²) in [5.41, 5.74) is 3.68. The van der Waals surface area contributed by atoms with Gasteiger partial charge in [-0.05, 0) is 25.0 Å². The van der Waals surface area contributed by atoms with Crippen LogP contribution in [-0.2, 0) is 6.42 Å². The fourth-order valence-electron chi connectivity index (χ4n) is 1.40. The van der Waals surface area contributed by atoms with Crippen LogP contribution in [0.4, 0.5) is 0 Å². The van der Waals surface area contributed by atoms with Crippen molar-refractivity contribution >= 4 is 6.08 Å². The number of hydrogen-bond donors (Lipinski definition) is 1. The van der Waals surface area contributed by atoms with Gasteiger partial charge in [0.15, 0.2) is 0 Å². The van der Waals surface area contributed by atoms with E-state index in [9.17, 15) is 0 Å². The number of nitrogens with zero attached hydrogens (tertiary/aromatic N) is 1. The van der Waals surface area contributed by atoms with E-state index in [-0.39, 0.29) is 0 Å². The second-order valence-corrected chi connectivity index (χ2v) is 3.60. The van der Waals surface area contributed by atoms with Crippen LogP contribution in [0.15, 0.2) is 42.9 Å². The van der Waals surface area contributed by atoms with Crippen LogP contribution < -0.4 is 0 Å². The molecule has 0 atom stereocenters. The molecule has 1 N–H and O–H groups in total. The lowest BCUT2D eigenvalue weighted by Gasteiger charge is -1.96. The molecule has 0 aliphatic heterocycles. The van der Waals surface area contributed by atoms with Crippen LogP contribution in [0.5, 0.6) is 0 Å². The van der Waals surface area contributed by atoms with Gasteiger partial charge in [0, 0.05) is 0 Å². The second-order valence-electron chi connectivity index (χ2n) is 3.60. The zero-order valence-corrected chi connectivity index (χ0v) is 8.77. The van der Waals surface area contributed by atoms with Crippen molar-refractivity contribution in [1.82, 2.24) is 9.97 Å². The van der Waals surface area contributed by atoms with E-state index in [1.54, 1.807) is 6.33 Å². The first kappa shape index (κ1) is 9.71. The molecule has 1 aromatic carbocycles. The molecular weight excluding hydrogens is 184 g/mol. The number of aromatic amines is 1. The molecule has 2 nitrogen and oxygen atoms in total. The molecule has 0 unspecified atom stereocenters. The molecule has 0 fully saturated rings. The lowest BCUT2D eigenvalue weighted by Crippen LogP contribution is -1.80. The molecule has 0 saturated carbocycles. The summed E-state index contributed by atoms with van der Waals surface area (Å²) in [5, 5.41) is 0. The molecule has 0 radical (unpaired) electrons. The topological polar surface area (TPSA) is 28.7 Å². The van der Waals surface area contributed by atoms with Crippen LogP contribution in [-0.4, -0.2) is 9.97 Å². The van der Waals surface area contributed by atoms with E-state index in [1.165, 1.54) is 11.1 Å². The molecule has 15 heavy (non-hydrogen) atoms. The Balaban J connectivity index is 1.96. The Morgan fingerprint density at radius 1 is 1.27 bits per heavy atom. The average molecular weight is 198 g/mol. The van der Waals surface area contributed by atoms with Crippen LogP contribution in [0.3, 0.4) is 0 Å². The average Bonchev–Trinajstić information content (AvgIpc) is 2.74. The lowest BCUT2D eigenvalue weighted by molar-refractivity contribution is 1.26. The summed E-state index contributed by atoms with van der Waals surface area (Å²) in [5.74, 6) is 0. The van der Waals surface area contributed by atoms with Crippen molar-refractivity contribution < 1.29 is 0 Å². The Bertz CT molecular complexity index is 424. The van der Waals surface area contributed by atoms with Crippen LogP contribution in [0.2, 0.25) is 0 Å². The van der Waals surface area contributed by atoms with Gasteiger partial charge in [0.25, 0.3) is 0 Å². The lowest BCUT2D eigenvalue weighted by atomic mass is 10.1. The molecule has 0 amide bonds. The van der Waals surface area contributed by atoms with Gasteiger partial charge in [0.05, 0.1) is 18.2 Å². The fraction of sp³-hybridized carbons (Fsp3) is 0.154. The molecule has 0 bridgehead atoms. The number of hydrogen-bond acceptors (Lipinski definition) is 1. The van der Waals surface area contributed by atoms with Gasteiger partial charge in [0.1, 0.15) is 0 Å². The Hall–Kier alpha value is -1.83.